The lowest BCUT2D eigenvalue weighted by atomic mass is 9.99. The van der Waals surface area contributed by atoms with Crippen molar-refractivity contribution in [3.8, 4) is 0 Å². The number of rotatable bonds is 6. The van der Waals surface area contributed by atoms with Gasteiger partial charge in [0.15, 0.2) is 5.82 Å². The van der Waals surface area contributed by atoms with E-state index >= 15 is 0 Å². The summed E-state index contributed by atoms with van der Waals surface area (Å²) in [5.41, 5.74) is 8.07. The average molecular weight is 384 g/mol. The third-order valence-corrected chi connectivity index (χ3v) is 4.88. The van der Waals surface area contributed by atoms with E-state index in [0.717, 1.165) is 5.69 Å². The van der Waals surface area contributed by atoms with Crippen LogP contribution in [0.2, 0.25) is 0 Å². The Kier molecular flexibility index (Phi) is 5.35. The normalized spacial score (nSPS) is 13.2. The van der Waals surface area contributed by atoms with E-state index in [9.17, 15) is 0 Å². The molecule has 0 aliphatic rings. The third kappa shape index (κ3) is 4.33. The molecule has 2 atom stereocenters. The highest BCUT2D eigenvalue weighted by Gasteiger charge is 2.17. The number of benzene rings is 3. The minimum atomic E-state index is -0.106. The highest BCUT2D eigenvalue weighted by atomic mass is 15.2. The van der Waals surface area contributed by atoms with E-state index in [1.807, 2.05) is 37.3 Å². The minimum Gasteiger partial charge on any atom is -0.368 e. The van der Waals surface area contributed by atoms with Crippen molar-refractivity contribution < 1.29 is 0 Å². The first-order chi connectivity index (χ1) is 14.1. The lowest BCUT2D eigenvalue weighted by Gasteiger charge is -2.21. The molecule has 0 fully saturated rings. The van der Waals surface area contributed by atoms with Gasteiger partial charge in [0.1, 0.15) is 0 Å². The number of anilines is 3. The smallest absolute Gasteiger partial charge is 0.232 e. The Labute approximate surface area is 170 Å². The van der Waals surface area contributed by atoms with Crippen LogP contribution in [0.3, 0.4) is 0 Å². The fourth-order valence-electron chi connectivity index (χ4n) is 3.48. The highest BCUT2D eigenvalue weighted by molar-refractivity contribution is 5.86. The molecule has 0 aliphatic heterocycles. The van der Waals surface area contributed by atoms with Crippen molar-refractivity contribution >= 4 is 28.4 Å². The molecule has 4 rings (SSSR count). The van der Waals surface area contributed by atoms with Crippen LogP contribution < -0.4 is 16.4 Å². The molecule has 0 saturated carbocycles. The second kappa shape index (κ2) is 8.24. The molecule has 0 aliphatic carbocycles. The molecule has 29 heavy (non-hydrogen) atoms. The molecule has 4 N–H and O–H groups in total. The van der Waals surface area contributed by atoms with E-state index in [1.165, 1.54) is 16.3 Å². The van der Waals surface area contributed by atoms with Gasteiger partial charge < -0.3 is 16.4 Å². The molecule has 146 valence electrons. The van der Waals surface area contributed by atoms with Crippen LogP contribution in [0.1, 0.15) is 37.3 Å². The van der Waals surface area contributed by atoms with E-state index in [4.69, 9.17) is 5.73 Å². The van der Waals surface area contributed by atoms with Gasteiger partial charge >= 0.3 is 0 Å². The summed E-state index contributed by atoms with van der Waals surface area (Å²) in [5, 5.41) is 9.23. The largest absolute Gasteiger partial charge is 0.368 e. The summed E-state index contributed by atoms with van der Waals surface area (Å²) < 4.78 is 0. The van der Waals surface area contributed by atoms with Crippen molar-refractivity contribution in [1.82, 2.24) is 20.3 Å². The van der Waals surface area contributed by atoms with Gasteiger partial charge in [-0.3, -0.25) is 0 Å². The summed E-state index contributed by atoms with van der Waals surface area (Å²) in [7, 11) is 0. The van der Waals surface area contributed by atoms with Crippen LogP contribution >= 0.6 is 0 Å². The van der Waals surface area contributed by atoms with Gasteiger partial charge in [0.05, 0.1) is 6.04 Å². The minimum absolute atomic E-state index is 0.106. The first-order valence-electron chi connectivity index (χ1n) is 9.67. The number of para-hydroxylation sites is 1. The molecule has 0 saturated heterocycles. The molecule has 4 aromatic rings. The number of fused-ring (bicyclic) bond motifs is 1. The zero-order chi connectivity index (χ0) is 20.2. The van der Waals surface area contributed by atoms with Gasteiger partial charge in [0.2, 0.25) is 11.9 Å². The van der Waals surface area contributed by atoms with Crippen LogP contribution in [0.25, 0.3) is 10.8 Å². The Morgan fingerprint density at radius 2 is 1.48 bits per heavy atom. The molecule has 3 aromatic carbocycles. The Morgan fingerprint density at radius 3 is 2.31 bits per heavy atom. The first kappa shape index (κ1) is 18.8. The van der Waals surface area contributed by atoms with Gasteiger partial charge in [-0.1, -0.05) is 60.7 Å². The van der Waals surface area contributed by atoms with Gasteiger partial charge in [-0.2, -0.15) is 15.0 Å². The SMILES string of the molecule is CC(NC(C)c1cccc2ccccc12)c1nc(N)nc(Nc2ccccc2)n1. The van der Waals surface area contributed by atoms with Gasteiger partial charge in [0, 0.05) is 11.7 Å². The van der Waals surface area contributed by atoms with Gasteiger partial charge in [-0.15, -0.1) is 0 Å². The lowest BCUT2D eigenvalue weighted by molar-refractivity contribution is 0.478. The Morgan fingerprint density at radius 1 is 0.759 bits per heavy atom. The number of nitrogens with one attached hydrogen (secondary N) is 2. The molecule has 1 aromatic heterocycles. The summed E-state index contributed by atoms with van der Waals surface area (Å²) in [6.07, 6.45) is 0. The van der Waals surface area contributed by atoms with Crippen molar-refractivity contribution in [2.24, 2.45) is 0 Å². The summed E-state index contributed by atoms with van der Waals surface area (Å²) in [4.78, 5) is 13.1. The van der Waals surface area contributed by atoms with Gasteiger partial charge in [-0.25, -0.2) is 0 Å². The number of nitrogens with zero attached hydrogens (tertiary/aromatic N) is 3. The topological polar surface area (TPSA) is 88.8 Å². The third-order valence-electron chi connectivity index (χ3n) is 4.88. The summed E-state index contributed by atoms with van der Waals surface area (Å²) in [6, 6.07) is 24.5. The summed E-state index contributed by atoms with van der Waals surface area (Å²) in [6.45, 7) is 4.18. The quantitative estimate of drug-likeness (QED) is 0.444. The number of nitrogens with two attached hydrogens (primary N) is 1. The van der Waals surface area contributed by atoms with Crippen molar-refractivity contribution in [2.45, 2.75) is 25.9 Å². The standard InChI is InChI=1S/C23H24N6/c1-15(19-14-8-10-17-9-6-7-13-20(17)19)25-16(2)21-27-22(24)29-23(28-21)26-18-11-4-3-5-12-18/h3-16,25H,1-2H3,(H3,24,26,27,28,29). The molecule has 0 amide bonds. The lowest BCUT2D eigenvalue weighted by Crippen LogP contribution is -2.25. The zero-order valence-electron chi connectivity index (χ0n) is 16.5. The molecule has 6 heteroatoms. The Balaban J connectivity index is 1.55. The summed E-state index contributed by atoms with van der Waals surface area (Å²) in [5.74, 6) is 1.23. The second-order valence-electron chi connectivity index (χ2n) is 7.04. The molecule has 1 heterocycles. The number of hydrogen-bond donors (Lipinski definition) is 3. The molecule has 0 radical (unpaired) electrons. The van der Waals surface area contributed by atoms with E-state index in [2.05, 4.69) is 75.0 Å². The Hall–Kier alpha value is -3.51. The van der Waals surface area contributed by atoms with Crippen LogP contribution in [0.4, 0.5) is 17.6 Å². The summed E-state index contributed by atoms with van der Waals surface area (Å²) >= 11 is 0. The fraction of sp³-hybridized carbons (Fsp3) is 0.174. The molecule has 2 unspecified atom stereocenters. The average Bonchev–Trinajstić information content (AvgIpc) is 2.73. The second-order valence-corrected chi connectivity index (χ2v) is 7.04. The monoisotopic (exact) mass is 384 g/mol. The van der Waals surface area contributed by atoms with E-state index in [1.54, 1.807) is 0 Å². The first-order valence-corrected chi connectivity index (χ1v) is 9.67. The van der Waals surface area contributed by atoms with Crippen LogP contribution in [0.15, 0.2) is 72.8 Å². The van der Waals surface area contributed by atoms with Crippen molar-refractivity contribution in [1.29, 1.82) is 0 Å². The van der Waals surface area contributed by atoms with E-state index in [0.29, 0.717) is 11.8 Å². The van der Waals surface area contributed by atoms with Crippen LogP contribution in [0.5, 0.6) is 0 Å². The molecule has 0 spiro atoms. The van der Waals surface area contributed by atoms with Gasteiger partial charge in [0.25, 0.3) is 0 Å². The predicted molar refractivity (Wildman–Crippen MR) is 118 cm³/mol. The predicted octanol–water partition coefficient (Wildman–Crippen LogP) is 4.76. The highest BCUT2D eigenvalue weighted by Crippen LogP contribution is 2.26. The van der Waals surface area contributed by atoms with Gasteiger partial charge in [-0.05, 0) is 42.3 Å². The number of hydrogen-bond acceptors (Lipinski definition) is 6. The number of nitrogen functional groups attached to an aromatic ring is 1. The molecule has 6 nitrogen and oxygen atoms in total. The van der Waals surface area contributed by atoms with E-state index in [-0.39, 0.29) is 18.0 Å². The molecular weight excluding hydrogens is 360 g/mol. The maximum absolute atomic E-state index is 5.94. The van der Waals surface area contributed by atoms with Crippen molar-refractivity contribution in [3.63, 3.8) is 0 Å². The Bertz CT molecular complexity index is 1110. The zero-order valence-corrected chi connectivity index (χ0v) is 16.5. The number of aromatic nitrogens is 3. The van der Waals surface area contributed by atoms with Crippen molar-refractivity contribution in [3.05, 3.63) is 84.2 Å². The fourth-order valence-corrected chi connectivity index (χ4v) is 3.48. The van der Waals surface area contributed by atoms with Crippen LogP contribution in [-0.2, 0) is 0 Å². The van der Waals surface area contributed by atoms with Crippen LogP contribution in [0, 0.1) is 0 Å². The maximum atomic E-state index is 5.94. The molecular formula is C23H24N6. The van der Waals surface area contributed by atoms with E-state index < -0.39 is 0 Å². The molecule has 0 bridgehead atoms. The van der Waals surface area contributed by atoms with Crippen LogP contribution in [-0.4, -0.2) is 15.0 Å². The van der Waals surface area contributed by atoms with Crippen molar-refractivity contribution in [2.75, 3.05) is 11.1 Å². The maximum Gasteiger partial charge on any atom is 0.232 e.